The number of aromatic amines is 1. The lowest BCUT2D eigenvalue weighted by molar-refractivity contribution is 0.0727. The Labute approximate surface area is 142 Å². The number of likely N-dealkylation sites (tertiary alicyclic amines) is 1. The first-order valence-electron chi connectivity index (χ1n) is 8.79. The molecule has 1 aliphatic heterocycles. The van der Waals surface area contributed by atoms with Crippen molar-refractivity contribution in [1.82, 2.24) is 15.1 Å². The number of benzene rings is 1. The maximum absolute atomic E-state index is 13.2. The van der Waals surface area contributed by atoms with E-state index in [0.717, 1.165) is 61.2 Å². The molecular formula is C19H23N3O2. The van der Waals surface area contributed by atoms with Crippen molar-refractivity contribution in [1.29, 1.82) is 0 Å². The summed E-state index contributed by atoms with van der Waals surface area (Å²) in [5.41, 5.74) is 4.01. The molecule has 4 rings (SSSR count). The first-order valence-corrected chi connectivity index (χ1v) is 8.79. The van der Waals surface area contributed by atoms with Crippen LogP contribution >= 0.6 is 0 Å². The third kappa shape index (κ3) is 2.48. The highest BCUT2D eigenvalue weighted by Gasteiger charge is 2.35. The Hall–Kier alpha value is -2.30. The summed E-state index contributed by atoms with van der Waals surface area (Å²) in [5.74, 6) is 0.911. The molecule has 1 aromatic heterocycles. The van der Waals surface area contributed by atoms with E-state index in [1.165, 1.54) is 6.42 Å². The van der Waals surface area contributed by atoms with E-state index < -0.39 is 0 Å². The Morgan fingerprint density at radius 2 is 2.08 bits per heavy atom. The second-order valence-corrected chi connectivity index (χ2v) is 6.63. The van der Waals surface area contributed by atoms with Crippen LogP contribution in [0.15, 0.2) is 24.3 Å². The summed E-state index contributed by atoms with van der Waals surface area (Å²) in [5, 5.41) is 7.45. The molecule has 0 radical (unpaired) electrons. The van der Waals surface area contributed by atoms with Crippen LogP contribution in [0.3, 0.4) is 0 Å². The van der Waals surface area contributed by atoms with Crippen LogP contribution < -0.4 is 4.74 Å². The SMILES string of the molecule is COc1ccccc1[C@@H]1CCCN1C(=O)c1n[nH]c2c1CCCC2. The quantitative estimate of drug-likeness (QED) is 0.942. The minimum atomic E-state index is 0.0582. The van der Waals surface area contributed by atoms with Crippen LogP contribution in [0.25, 0.3) is 0 Å². The van der Waals surface area contributed by atoms with Crippen molar-refractivity contribution < 1.29 is 9.53 Å². The van der Waals surface area contributed by atoms with Gasteiger partial charge in [-0.1, -0.05) is 18.2 Å². The number of aryl methyl sites for hydroxylation is 1. The van der Waals surface area contributed by atoms with Gasteiger partial charge in [-0.25, -0.2) is 0 Å². The molecule has 1 amide bonds. The van der Waals surface area contributed by atoms with Crippen LogP contribution in [0.2, 0.25) is 0 Å². The number of nitrogens with zero attached hydrogens (tertiary/aromatic N) is 2. The van der Waals surface area contributed by atoms with Crippen LogP contribution in [0.4, 0.5) is 0 Å². The van der Waals surface area contributed by atoms with Gasteiger partial charge in [0.2, 0.25) is 0 Å². The fraction of sp³-hybridized carbons (Fsp3) is 0.474. The molecule has 1 saturated heterocycles. The van der Waals surface area contributed by atoms with E-state index in [1.807, 2.05) is 23.1 Å². The molecule has 126 valence electrons. The van der Waals surface area contributed by atoms with Crippen molar-refractivity contribution in [3.05, 3.63) is 46.8 Å². The summed E-state index contributed by atoms with van der Waals surface area (Å²) in [6, 6.07) is 8.08. The van der Waals surface area contributed by atoms with E-state index in [0.29, 0.717) is 5.69 Å². The van der Waals surface area contributed by atoms with Crippen molar-refractivity contribution in [2.24, 2.45) is 0 Å². The van der Waals surface area contributed by atoms with Crippen LogP contribution in [0.1, 0.15) is 59.0 Å². The van der Waals surface area contributed by atoms with Gasteiger partial charge < -0.3 is 9.64 Å². The Bertz CT molecular complexity index is 753. The summed E-state index contributed by atoms with van der Waals surface area (Å²) in [6.07, 6.45) is 6.27. The number of rotatable bonds is 3. The largest absolute Gasteiger partial charge is 0.496 e. The lowest BCUT2D eigenvalue weighted by Gasteiger charge is -2.26. The Balaban J connectivity index is 1.65. The zero-order valence-electron chi connectivity index (χ0n) is 14.0. The van der Waals surface area contributed by atoms with Gasteiger partial charge in [-0.15, -0.1) is 0 Å². The Morgan fingerprint density at radius 3 is 2.96 bits per heavy atom. The summed E-state index contributed by atoms with van der Waals surface area (Å²) in [6.45, 7) is 0.781. The smallest absolute Gasteiger partial charge is 0.275 e. The van der Waals surface area contributed by atoms with Gasteiger partial charge in [0, 0.05) is 23.4 Å². The minimum absolute atomic E-state index is 0.0582. The summed E-state index contributed by atoms with van der Waals surface area (Å²) < 4.78 is 5.51. The molecule has 2 aliphatic rings. The maximum atomic E-state index is 13.2. The van der Waals surface area contributed by atoms with Crippen molar-refractivity contribution in [2.45, 2.75) is 44.6 Å². The Kier molecular flexibility index (Phi) is 4.00. The molecule has 1 aliphatic carbocycles. The standard InChI is InChI=1S/C19H23N3O2/c1-24-17-11-5-3-8-14(17)16-10-6-12-22(16)19(23)18-13-7-2-4-9-15(13)20-21-18/h3,5,8,11,16H,2,4,6-7,9-10,12H2,1H3,(H,20,21)/t16-/m0/s1. The molecule has 1 fully saturated rings. The van der Waals surface area contributed by atoms with E-state index in [2.05, 4.69) is 16.3 Å². The average Bonchev–Trinajstić information content (AvgIpc) is 3.28. The van der Waals surface area contributed by atoms with E-state index in [1.54, 1.807) is 7.11 Å². The molecular weight excluding hydrogens is 302 g/mol. The van der Waals surface area contributed by atoms with Gasteiger partial charge in [0.1, 0.15) is 5.75 Å². The van der Waals surface area contributed by atoms with Gasteiger partial charge in [-0.2, -0.15) is 5.10 Å². The third-order valence-corrected chi connectivity index (χ3v) is 5.27. The molecule has 0 spiro atoms. The molecule has 0 bridgehead atoms. The average molecular weight is 325 g/mol. The number of carbonyl (C=O) groups excluding carboxylic acids is 1. The van der Waals surface area contributed by atoms with Crippen LogP contribution in [0, 0.1) is 0 Å². The molecule has 5 heteroatoms. The predicted octanol–water partition coefficient (Wildman–Crippen LogP) is 3.27. The molecule has 1 N–H and O–H groups in total. The van der Waals surface area contributed by atoms with Gasteiger partial charge in [-0.3, -0.25) is 9.89 Å². The number of amides is 1. The van der Waals surface area contributed by atoms with E-state index in [-0.39, 0.29) is 11.9 Å². The predicted molar refractivity (Wildman–Crippen MR) is 91.2 cm³/mol. The van der Waals surface area contributed by atoms with Gasteiger partial charge in [0.05, 0.1) is 13.2 Å². The van der Waals surface area contributed by atoms with Crippen molar-refractivity contribution in [2.75, 3.05) is 13.7 Å². The Morgan fingerprint density at radius 1 is 1.25 bits per heavy atom. The molecule has 5 nitrogen and oxygen atoms in total. The number of H-pyrrole nitrogens is 1. The summed E-state index contributed by atoms with van der Waals surface area (Å²) >= 11 is 0. The second kappa shape index (κ2) is 6.30. The minimum Gasteiger partial charge on any atom is -0.496 e. The molecule has 24 heavy (non-hydrogen) atoms. The number of fused-ring (bicyclic) bond motifs is 1. The molecule has 2 aromatic rings. The van der Waals surface area contributed by atoms with Gasteiger partial charge in [-0.05, 0) is 44.6 Å². The number of para-hydroxylation sites is 1. The number of carbonyl (C=O) groups is 1. The van der Waals surface area contributed by atoms with Crippen LogP contribution in [0.5, 0.6) is 5.75 Å². The lowest BCUT2D eigenvalue weighted by Crippen LogP contribution is -2.31. The highest BCUT2D eigenvalue weighted by molar-refractivity contribution is 5.94. The number of hydrogen-bond donors (Lipinski definition) is 1. The van der Waals surface area contributed by atoms with Gasteiger partial charge in [0.25, 0.3) is 5.91 Å². The number of aromatic nitrogens is 2. The fourth-order valence-corrected chi connectivity index (χ4v) is 4.07. The van der Waals surface area contributed by atoms with Crippen LogP contribution in [-0.2, 0) is 12.8 Å². The van der Waals surface area contributed by atoms with E-state index >= 15 is 0 Å². The highest BCUT2D eigenvalue weighted by Crippen LogP contribution is 2.38. The first kappa shape index (κ1) is 15.2. The normalized spacial score (nSPS) is 20.0. The zero-order chi connectivity index (χ0) is 16.5. The van der Waals surface area contributed by atoms with Crippen molar-refractivity contribution >= 4 is 5.91 Å². The number of methoxy groups -OCH3 is 1. The second-order valence-electron chi connectivity index (χ2n) is 6.63. The van der Waals surface area contributed by atoms with Gasteiger partial charge >= 0.3 is 0 Å². The third-order valence-electron chi connectivity index (χ3n) is 5.27. The maximum Gasteiger partial charge on any atom is 0.275 e. The molecule has 1 aromatic carbocycles. The molecule has 1 atom stereocenters. The monoisotopic (exact) mass is 325 g/mol. The van der Waals surface area contributed by atoms with Crippen LogP contribution in [-0.4, -0.2) is 34.7 Å². The van der Waals surface area contributed by atoms with Crippen molar-refractivity contribution in [3.8, 4) is 5.75 Å². The van der Waals surface area contributed by atoms with E-state index in [4.69, 9.17) is 4.74 Å². The topological polar surface area (TPSA) is 58.2 Å². The molecule has 2 heterocycles. The summed E-state index contributed by atoms with van der Waals surface area (Å²) in [7, 11) is 1.68. The van der Waals surface area contributed by atoms with E-state index in [9.17, 15) is 4.79 Å². The highest BCUT2D eigenvalue weighted by atomic mass is 16.5. The summed E-state index contributed by atoms with van der Waals surface area (Å²) in [4.78, 5) is 15.1. The number of ether oxygens (including phenoxy) is 1. The first-order chi connectivity index (χ1) is 11.8. The lowest BCUT2D eigenvalue weighted by atomic mass is 9.95. The zero-order valence-corrected chi connectivity index (χ0v) is 14.0. The van der Waals surface area contributed by atoms with Crippen molar-refractivity contribution in [3.63, 3.8) is 0 Å². The molecule has 0 saturated carbocycles. The number of hydrogen-bond acceptors (Lipinski definition) is 3. The molecule has 0 unspecified atom stereocenters. The van der Waals surface area contributed by atoms with Gasteiger partial charge in [0.15, 0.2) is 5.69 Å². The number of nitrogens with one attached hydrogen (secondary N) is 1. The fourth-order valence-electron chi connectivity index (χ4n) is 4.07.